The Balaban J connectivity index is 2.06. The van der Waals surface area contributed by atoms with Crippen molar-refractivity contribution in [1.29, 1.82) is 0 Å². The Bertz CT molecular complexity index is 646. The number of benzene rings is 1. The van der Waals surface area contributed by atoms with Gasteiger partial charge in [-0.1, -0.05) is 17.7 Å². The molecule has 0 aliphatic rings. The van der Waals surface area contributed by atoms with Gasteiger partial charge in [-0.05, 0) is 29.6 Å². The van der Waals surface area contributed by atoms with Gasteiger partial charge in [0.25, 0.3) is 0 Å². The maximum Gasteiger partial charge on any atom is 0.116 e. The van der Waals surface area contributed by atoms with Crippen LogP contribution in [0.15, 0.2) is 35.7 Å². The Hall–Kier alpha value is -0.940. The molecule has 0 fully saturated rings. The first-order valence-corrected chi connectivity index (χ1v) is 7.16. The number of aromatic nitrogens is 1. The zero-order valence-corrected chi connectivity index (χ0v) is 11.1. The van der Waals surface area contributed by atoms with E-state index in [1.165, 1.54) is 0 Å². The highest BCUT2D eigenvalue weighted by molar-refractivity contribution is 7.18. The fourth-order valence-electron chi connectivity index (χ4n) is 1.64. The van der Waals surface area contributed by atoms with Gasteiger partial charge in [-0.25, -0.2) is 4.98 Å². The van der Waals surface area contributed by atoms with E-state index in [-0.39, 0.29) is 6.04 Å². The first kappa shape index (κ1) is 11.2. The van der Waals surface area contributed by atoms with Crippen LogP contribution in [0.3, 0.4) is 0 Å². The summed E-state index contributed by atoms with van der Waals surface area (Å²) in [6.45, 7) is 0. The molecule has 1 aromatic carbocycles. The number of hydrogen-bond donors (Lipinski definition) is 1. The molecule has 0 bridgehead atoms. The van der Waals surface area contributed by atoms with Crippen molar-refractivity contribution in [1.82, 2.24) is 4.98 Å². The molecular weight excluding hydrogens is 272 g/mol. The number of halogens is 1. The number of hydrogen-bond acceptors (Lipinski definition) is 4. The van der Waals surface area contributed by atoms with Gasteiger partial charge in [0, 0.05) is 9.90 Å². The molecule has 0 radical (unpaired) electrons. The van der Waals surface area contributed by atoms with Gasteiger partial charge in [-0.3, -0.25) is 0 Å². The molecule has 3 rings (SSSR count). The summed E-state index contributed by atoms with van der Waals surface area (Å²) in [5.41, 5.74) is 7.11. The quantitative estimate of drug-likeness (QED) is 0.769. The zero-order chi connectivity index (χ0) is 11.8. The van der Waals surface area contributed by atoms with Gasteiger partial charge in [-0.15, -0.1) is 22.7 Å². The van der Waals surface area contributed by atoms with Crippen molar-refractivity contribution in [2.45, 2.75) is 6.04 Å². The summed E-state index contributed by atoms with van der Waals surface area (Å²) in [6, 6.07) is 9.64. The normalized spacial score (nSPS) is 13.1. The maximum atomic E-state index is 6.19. The molecule has 0 amide bonds. The molecule has 1 atom stereocenters. The largest absolute Gasteiger partial charge is 0.318 e. The second-order valence-corrected chi connectivity index (χ2v) is 6.14. The minimum Gasteiger partial charge on any atom is -0.318 e. The molecule has 2 heterocycles. The molecule has 1 unspecified atom stereocenters. The van der Waals surface area contributed by atoms with Crippen LogP contribution in [-0.4, -0.2) is 4.98 Å². The monoisotopic (exact) mass is 280 g/mol. The Morgan fingerprint density at radius 2 is 2.18 bits per heavy atom. The van der Waals surface area contributed by atoms with Gasteiger partial charge < -0.3 is 5.73 Å². The first-order chi connectivity index (χ1) is 8.24. The van der Waals surface area contributed by atoms with Gasteiger partial charge in [0.15, 0.2) is 0 Å². The van der Waals surface area contributed by atoms with Crippen LogP contribution < -0.4 is 5.73 Å². The SMILES string of the molecule is NC(c1cccs1)c1nc2cc(Cl)ccc2s1. The molecule has 5 heteroatoms. The van der Waals surface area contributed by atoms with Crippen molar-refractivity contribution in [2.24, 2.45) is 5.73 Å². The maximum absolute atomic E-state index is 6.19. The van der Waals surface area contributed by atoms with Crippen molar-refractivity contribution < 1.29 is 0 Å². The number of nitrogens with two attached hydrogens (primary N) is 1. The first-order valence-electron chi connectivity index (χ1n) is 5.09. The number of nitrogens with zero attached hydrogens (tertiary/aromatic N) is 1. The van der Waals surface area contributed by atoms with Crippen LogP contribution in [0.25, 0.3) is 10.2 Å². The molecule has 0 aliphatic heterocycles. The van der Waals surface area contributed by atoms with Crippen LogP contribution >= 0.6 is 34.3 Å². The minimum absolute atomic E-state index is 0.133. The summed E-state index contributed by atoms with van der Waals surface area (Å²) in [7, 11) is 0. The molecule has 0 aliphatic carbocycles. The smallest absolute Gasteiger partial charge is 0.116 e. The molecule has 0 saturated heterocycles. The molecule has 2 aromatic heterocycles. The topological polar surface area (TPSA) is 38.9 Å². The highest BCUT2D eigenvalue weighted by atomic mass is 35.5. The lowest BCUT2D eigenvalue weighted by atomic mass is 10.3. The van der Waals surface area contributed by atoms with Crippen LogP contribution in [0.4, 0.5) is 0 Å². The van der Waals surface area contributed by atoms with Crippen molar-refractivity contribution in [3.05, 3.63) is 50.6 Å². The number of fused-ring (bicyclic) bond motifs is 1. The Morgan fingerprint density at radius 1 is 1.29 bits per heavy atom. The summed E-state index contributed by atoms with van der Waals surface area (Å²) in [4.78, 5) is 5.68. The van der Waals surface area contributed by atoms with E-state index in [1.54, 1.807) is 22.7 Å². The highest BCUT2D eigenvalue weighted by Gasteiger charge is 2.14. The van der Waals surface area contributed by atoms with Gasteiger partial charge in [0.1, 0.15) is 5.01 Å². The molecule has 2 nitrogen and oxygen atoms in total. The van der Waals surface area contributed by atoms with E-state index >= 15 is 0 Å². The Labute approximate surface area is 112 Å². The van der Waals surface area contributed by atoms with Crippen LogP contribution in [0, 0.1) is 0 Å². The summed E-state index contributed by atoms with van der Waals surface area (Å²) in [6.07, 6.45) is 0. The summed E-state index contributed by atoms with van der Waals surface area (Å²) < 4.78 is 1.12. The van der Waals surface area contributed by atoms with Crippen molar-refractivity contribution in [3.8, 4) is 0 Å². The molecule has 0 saturated carbocycles. The van der Waals surface area contributed by atoms with Crippen molar-refractivity contribution >= 4 is 44.5 Å². The third-order valence-corrected chi connectivity index (χ3v) is 4.79. The average Bonchev–Trinajstić information content (AvgIpc) is 2.96. The lowest BCUT2D eigenvalue weighted by molar-refractivity contribution is 0.883. The van der Waals surface area contributed by atoms with Crippen LogP contribution in [-0.2, 0) is 0 Å². The Morgan fingerprint density at radius 3 is 2.94 bits per heavy atom. The van der Waals surface area contributed by atoms with E-state index in [0.717, 1.165) is 20.1 Å². The molecular formula is C12H9ClN2S2. The fourth-order valence-corrected chi connectivity index (χ4v) is 3.58. The zero-order valence-electron chi connectivity index (χ0n) is 8.76. The lowest BCUT2D eigenvalue weighted by Gasteiger charge is -2.03. The summed E-state index contributed by atoms with van der Waals surface area (Å²) in [5.74, 6) is 0. The van der Waals surface area contributed by atoms with Crippen molar-refractivity contribution in [3.63, 3.8) is 0 Å². The van der Waals surface area contributed by atoms with E-state index in [1.807, 2.05) is 35.7 Å². The van der Waals surface area contributed by atoms with E-state index in [4.69, 9.17) is 17.3 Å². The molecule has 3 aromatic rings. The Kier molecular flexibility index (Phi) is 2.88. The average molecular weight is 281 g/mol. The predicted octanol–water partition coefficient (Wildman–Crippen LogP) is 4.06. The number of rotatable bonds is 2. The minimum atomic E-state index is -0.133. The van der Waals surface area contributed by atoms with Gasteiger partial charge in [-0.2, -0.15) is 0 Å². The van der Waals surface area contributed by atoms with Crippen LogP contribution in [0.1, 0.15) is 15.9 Å². The third-order valence-electron chi connectivity index (χ3n) is 2.48. The lowest BCUT2D eigenvalue weighted by Crippen LogP contribution is -2.09. The number of thiophene rings is 1. The second-order valence-electron chi connectivity index (χ2n) is 3.66. The molecule has 86 valence electrons. The van der Waals surface area contributed by atoms with E-state index in [0.29, 0.717) is 5.02 Å². The van der Waals surface area contributed by atoms with Crippen LogP contribution in [0.2, 0.25) is 5.02 Å². The predicted molar refractivity (Wildman–Crippen MR) is 75.0 cm³/mol. The number of thiazole rings is 1. The van der Waals surface area contributed by atoms with Crippen molar-refractivity contribution in [2.75, 3.05) is 0 Å². The van der Waals surface area contributed by atoms with Gasteiger partial charge >= 0.3 is 0 Å². The summed E-state index contributed by atoms with van der Waals surface area (Å²) >= 11 is 9.22. The third kappa shape index (κ3) is 2.09. The molecule has 17 heavy (non-hydrogen) atoms. The van der Waals surface area contributed by atoms with E-state index in [9.17, 15) is 0 Å². The summed E-state index contributed by atoms with van der Waals surface area (Å²) in [5, 5.41) is 3.67. The second kappa shape index (κ2) is 4.38. The molecule has 2 N–H and O–H groups in total. The van der Waals surface area contributed by atoms with Crippen LogP contribution in [0.5, 0.6) is 0 Å². The van der Waals surface area contributed by atoms with E-state index < -0.39 is 0 Å². The standard InChI is InChI=1S/C12H9ClN2S2/c13-7-3-4-9-8(6-7)15-12(17-9)11(14)10-2-1-5-16-10/h1-6,11H,14H2. The van der Waals surface area contributed by atoms with Gasteiger partial charge in [0.2, 0.25) is 0 Å². The van der Waals surface area contributed by atoms with E-state index in [2.05, 4.69) is 4.98 Å². The molecule has 0 spiro atoms. The highest BCUT2D eigenvalue weighted by Crippen LogP contribution is 2.31. The van der Waals surface area contributed by atoms with Gasteiger partial charge in [0.05, 0.1) is 16.3 Å². The fraction of sp³-hybridized carbons (Fsp3) is 0.0833.